The molecule has 0 unspecified atom stereocenters. The molecule has 140 valence electrons. The van der Waals surface area contributed by atoms with Crippen molar-refractivity contribution in [1.29, 1.82) is 0 Å². The maximum absolute atomic E-state index is 4.31. The van der Waals surface area contributed by atoms with Crippen LogP contribution in [0.25, 0.3) is 11.3 Å². The number of aromatic nitrogens is 2. The van der Waals surface area contributed by atoms with Gasteiger partial charge in [0.15, 0.2) is 0 Å². The number of nitrogens with zero attached hydrogens (tertiary/aromatic N) is 3. The zero-order valence-electron chi connectivity index (χ0n) is 15.9. The second-order valence-electron chi connectivity index (χ2n) is 6.79. The van der Waals surface area contributed by atoms with E-state index in [0.717, 1.165) is 62.5 Å². The minimum Gasteiger partial charge on any atom is -0.369 e. The molecule has 1 N–H and O–H groups in total. The van der Waals surface area contributed by atoms with Crippen LogP contribution >= 0.6 is 0 Å². The van der Waals surface area contributed by atoms with Crippen LogP contribution < -0.4 is 5.32 Å². The van der Waals surface area contributed by atoms with Crippen LogP contribution in [0.15, 0.2) is 78.9 Å². The van der Waals surface area contributed by atoms with Crippen LogP contribution in [0.2, 0.25) is 0 Å². The molecule has 2 heterocycles. The van der Waals surface area contributed by atoms with E-state index in [1.807, 2.05) is 54.6 Å². The molecule has 0 saturated carbocycles. The summed E-state index contributed by atoms with van der Waals surface area (Å²) in [7, 11) is 0. The monoisotopic (exact) mass is 360 g/mol. The molecule has 0 amide bonds. The van der Waals surface area contributed by atoms with Crippen LogP contribution in [0.1, 0.15) is 19.3 Å². The van der Waals surface area contributed by atoms with Gasteiger partial charge in [-0.1, -0.05) is 55.6 Å². The maximum Gasteiger partial charge on any atom is 0.148 e. The van der Waals surface area contributed by atoms with E-state index in [0.29, 0.717) is 0 Å². The lowest BCUT2D eigenvalue weighted by Crippen LogP contribution is -2.32. The molecule has 27 heavy (non-hydrogen) atoms. The summed E-state index contributed by atoms with van der Waals surface area (Å²) in [4.78, 5) is 2.50. The van der Waals surface area contributed by atoms with Gasteiger partial charge in [0.05, 0.1) is 5.69 Å². The molecule has 1 aromatic carbocycles. The van der Waals surface area contributed by atoms with Crippen LogP contribution in [-0.4, -0.2) is 41.3 Å². The highest BCUT2D eigenvalue weighted by molar-refractivity contribution is 5.59. The minimum atomic E-state index is 0.833. The van der Waals surface area contributed by atoms with Crippen LogP contribution in [0, 0.1) is 0 Å². The lowest BCUT2D eigenvalue weighted by atomic mass is 10.00. The molecule has 0 atom stereocenters. The van der Waals surface area contributed by atoms with Crippen molar-refractivity contribution in [2.24, 2.45) is 0 Å². The molecule has 0 radical (unpaired) electrons. The summed E-state index contributed by atoms with van der Waals surface area (Å²) in [6.45, 7) is 12.0. The topological polar surface area (TPSA) is 41.0 Å². The normalized spacial score (nSPS) is 14.8. The molecule has 0 aliphatic carbocycles. The highest BCUT2D eigenvalue weighted by Gasteiger charge is 2.14. The molecule has 1 aromatic heterocycles. The molecule has 1 aliphatic heterocycles. The number of anilines is 1. The predicted octanol–water partition coefficient (Wildman–Crippen LogP) is 4.71. The van der Waals surface area contributed by atoms with Gasteiger partial charge in [0, 0.05) is 25.2 Å². The van der Waals surface area contributed by atoms with Crippen molar-refractivity contribution in [3.63, 3.8) is 0 Å². The zero-order chi connectivity index (χ0) is 18.9. The van der Waals surface area contributed by atoms with Crippen LogP contribution in [0.4, 0.5) is 5.82 Å². The summed E-state index contributed by atoms with van der Waals surface area (Å²) in [5, 5.41) is 12.0. The number of nitrogens with one attached hydrogen (secondary N) is 1. The fourth-order valence-electron chi connectivity index (χ4n) is 3.35. The first-order valence-corrected chi connectivity index (χ1v) is 9.62. The van der Waals surface area contributed by atoms with Crippen molar-refractivity contribution in [1.82, 2.24) is 15.1 Å². The van der Waals surface area contributed by atoms with Gasteiger partial charge in [-0.05, 0) is 49.1 Å². The molecular weight excluding hydrogens is 332 g/mol. The molecule has 4 nitrogen and oxygen atoms in total. The van der Waals surface area contributed by atoms with Crippen LogP contribution in [0.3, 0.4) is 0 Å². The van der Waals surface area contributed by atoms with Gasteiger partial charge in [0.2, 0.25) is 0 Å². The average Bonchev–Trinajstić information content (AvgIpc) is 2.74. The first kappa shape index (κ1) is 19.1. The second-order valence-corrected chi connectivity index (χ2v) is 6.79. The van der Waals surface area contributed by atoms with Gasteiger partial charge in [-0.3, -0.25) is 4.90 Å². The molecular formula is C23H28N4. The summed E-state index contributed by atoms with van der Waals surface area (Å²) < 4.78 is 0. The van der Waals surface area contributed by atoms with Gasteiger partial charge in [0.1, 0.15) is 5.82 Å². The third kappa shape index (κ3) is 5.38. The summed E-state index contributed by atoms with van der Waals surface area (Å²) in [5.41, 5.74) is 4.66. The Morgan fingerprint density at radius 1 is 0.963 bits per heavy atom. The van der Waals surface area contributed by atoms with Crippen molar-refractivity contribution < 1.29 is 0 Å². The van der Waals surface area contributed by atoms with E-state index in [4.69, 9.17) is 0 Å². The standard InChI is InChI=1S/C23H28N4/c1-3-19-14-17-27(18-20(19)4-2)16-9-8-15-24-23-13-12-22(25-26-23)21-10-6-5-7-11-21/h3-7,10-13H,1-2,8-9,14-18H2,(H,24,26). The van der Waals surface area contributed by atoms with Crippen LogP contribution in [-0.2, 0) is 0 Å². The lowest BCUT2D eigenvalue weighted by Gasteiger charge is -2.28. The molecule has 3 rings (SSSR count). The van der Waals surface area contributed by atoms with Crippen LogP contribution in [0.5, 0.6) is 0 Å². The Hall–Kier alpha value is -2.72. The number of allylic oxidation sites excluding steroid dienone is 1. The Morgan fingerprint density at radius 2 is 1.78 bits per heavy atom. The quantitative estimate of drug-likeness (QED) is 0.658. The molecule has 0 saturated heterocycles. The molecule has 2 aromatic rings. The summed E-state index contributed by atoms with van der Waals surface area (Å²) in [6.07, 6.45) is 7.30. The van der Waals surface area contributed by atoms with Crippen molar-refractivity contribution in [3.8, 4) is 11.3 Å². The minimum absolute atomic E-state index is 0.833. The second kappa shape index (κ2) is 9.83. The van der Waals surface area contributed by atoms with Crippen molar-refractivity contribution in [2.45, 2.75) is 19.3 Å². The predicted molar refractivity (Wildman–Crippen MR) is 114 cm³/mol. The molecule has 0 fully saturated rings. The van der Waals surface area contributed by atoms with Crippen molar-refractivity contribution in [3.05, 3.63) is 78.9 Å². The van der Waals surface area contributed by atoms with E-state index in [-0.39, 0.29) is 0 Å². The highest BCUT2D eigenvalue weighted by Crippen LogP contribution is 2.20. The Balaban J connectivity index is 1.38. The first-order chi connectivity index (χ1) is 13.3. The smallest absolute Gasteiger partial charge is 0.148 e. The number of unbranched alkanes of at least 4 members (excludes halogenated alkanes) is 1. The molecule has 0 bridgehead atoms. The van der Waals surface area contributed by atoms with Gasteiger partial charge in [-0.2, -0.15) is 0 Å². The van der Waals surface area contributed by atoms with Gasteiger partial charge in [-0.25, -0.2) is 0 Å². The largest absolute Gasteiger partial charge is 0.369 e. The van der Waals surface area contributed by atoms with Gasteiger partial charge >= 0.3 is 0 Å². The van der Waals surface area contributed by atoms with Gasteiger partial charge in [-0.15, -0.1) is 10.2 Å². The Bertz CT molecular complexity index is 778. The number of hydrogen-bond acceptors (Lipinski definition) is 4. The zero-order valence-corrected chi connectivity index (χ0v) is 15.9. The summed E-state index contributed by atoms with van der Waals surface area (Å²) in [5.74, 6) is 0.833. The average molecular weight is 361 g/mol. The van der Waals surface area contributed by atoms with E-state index < -0.39 is 0 Å². The maximum atomic E-state index is 4.31. The SMILES string of the molecule is C=CC1=C(C=C)CN(CCCCNc2ccc(-c3ccccc3)nn2)CC1. The fraction of sp³-hybridized carbons (Fsp3) is 0.304. The number of rotatable bonds is 9. The Labute approximate surface area is 162 Å². The van der Waals surface area contributed by atoms with E-state index >= 15 is 0 Å². The van der Waals surface area contributed by atoms with Crippen molar-refractivity contribution >= 4 is 5.82 Å². The molecule has 4 heteroatoms. The van der Waals surface area contributed by atoms with Gasteiger partial charge < -0.3 is 5.32 Å². The summed E-state index contributed by atoms with van der Waals surface area (Å²) >= 11 is 0. The lowest BCUT2D eigenvalue weighted by molar-refractivity contribution is 0.284. The Morgan fingerprint density at radius 3 is 2.48 bits per heavy atom. The van der Waals surface area contributed by atoms with E-state index in [1.54, 1.807) is 0 Å². The van der Waals surface area contributed by atoms with Gasteiger partial charge in [0.25, 0.3) is 0 Å². The van der Waals surface area contributed by atoms with E-state index in [9.17, 15) is 0 Å². The molecule has 1 aliphatic rings. The first-order valence-electron chi connectivity index (χ1n) is 9.62. The number of benzene rings is 1. The fourth-order valence-corrected chi connectivity index (χ4v) is 3.35. The third-order valence-corrected chi connectivity index (χ3v) is 4.94. The summed E-state index contributed by atoms with van der Waals surface area (Å²) in [6, 6.07) is 14.1. The van der Waals surface area contributed by atoms with E-state index in [2.05, 4.69) is 33.6 Å². The third-order valence-electron chi connectivity index (χ3n) is 4.94. The van der Waals surface area contributed by atoms with Crippen molar-refractivity contribution in [2.75, 3.05) is 31.5 Å². The van der Waals surface area contributed by atoms with E-state index in [1.165, 1.54) is 11.1 Å². The highest BCUT2D eigenvalue weighted by atomic mass is 15.2. The Kier molecular flexibility index (Phi) is 6.94. The number of hydrogen-bond donors (Lipinski definition) is 1. The molecule has 0 spiro atoms.